The molecule has 4 nitrogen and oxygen atoms in total. The Kier molecular flexibility index (Phi) is 6.12. The predicted molar refractivity (Wildman–Crippen MR) is 72.6 cm³/mol. The van der Waals surface area contributed by atoms with Gasteiger partial charge in [0, 0.05) is 18.1 Å². The third kappa shape index (κ3) is 4.70. The number of methoxy groups -OCH3 is 1. The average Bonchev–Trinajstić information content (AvgIpc) is 2.38. The van der Waals surface area contributed by atoms with E-state index < -0.39 is 5.91 Å². The number of hydrogen-bond acceptors (Lipinski definition) is 3. The lowest BCUT2D eigenvalue weighted by Crippen LogP contribution is -2.27. The van der Waals surface area contributed by atoms with Crippen LogP contribution in [0.3, 0.4) is 0 Å². The molecule has 0 atom stereocenters. The van der Waals surface area contributed by atoms with Crippen LogP contribution in [-0.4, -0.2) is 26.2 Å². The van der Waals surface area contributed by atoms with Crippen LogP contribution in [0, 0.1) is 11.3 Å². The fraction of sp³-hybridized carbons (Fsp3) is 0.231. The van der Waals surface area contributed by atoms with Crippen molar-refractivity contribution in [1.29, 1.82) is 5.26 Å². The highest BCUT2D eigenvalue weighted by molar-refractivity contribution is 9.10. The van der Waals surface area contributed by atoms with Crippen molar-refractivity contribution < 1.29 is 9.53 Å². The van der Waals surface area contributed by atoms with E-state index in [0.717, 1.165) is 10.0 Å². The van der Waals surface area contributed by atoms with E-state index in [2.05, 4.69) is 21.2 Å². The van der Waals surface area contributed by atoms with Gasteiger partial charge in [-0.3, -0.25) is 4.79 Å². The van der Waals surface area contributed by atoms with Crippen molar-refractivity contribution in [2.45, 2.75) is 0 Å². The Balaban J connectivity index is 2.74. The second-order valence-electron chi connectivity index (χ2n) is 3.47. The van der Waals surface area contributed by atoms with Crippen molar-refractivity contribution in [3.63, 3.8) is 0 Å². The van der Waals surface area contributed by atoms with E-state index in [9.17, 15) is 4.79 Å². The minimum atomic E-state index is -0.391. The Hall–Kier alpha value is -1.64. The average molecular weight is 309 g/mol. The molecular weight excluding hydrogens is 296 g/mol. The van der Waals surface area contributed by atoms with Gasteiger partial charge in [-0.2, -0.15) is 5.26 Å². The minimum absolute atomic E-state index is 0.0772. The van der Waals surface area contributed by atoms with Crippen LogP contribution in [-0.2, 0) is 9.53 Å². The van der Waals surface area contributed by atoms with Crippen LogP contribution < -0.4 is 5.32 Å². The van der Waals surface area contributed by atoms with Crippen LogP contribution in [0.15, 0.2) is 34.3 Å². The summed E-state index contributed by atoms with van der Waals surface area (Å²) in [7, 11) is 1.55. The second-order valence-corrected chi connectivity index (χ2v) is 4.39. The van der Waals surface area contributed by atoms with Gasteiger partial charge in [0.05, 0.1) is 6.61 Å². The molecule has 0 aliphatic rings. The van der Waals surface area contributed by atoms with Crippen LogP contribution in [0.4, 0.5) is 0 Å². The Labute approximate surface area is 114 Å². The molecule has 0 aliphatic carbocycles. The fourth-order valence-electron chi connectivity index (χ4n) is 1.24. The number of nitrogens with one attached hydrogen (secondary N) is 1. The Morgan fingerprint density at radius 3 is 2.72 bits per heavy atom. The van der Waals surface area contributed by atoms with Gasteiger partial charge in [-0.05, 0) is 23.8 Å². The number of amides is 1. The molecule has 0 heterocycles. The summed E-state index contributed by atoms with van der Waals surface area (Å²) in [5.74, 6) is -0.391. The van der Waals surface area contributed by atoms with Crippen LogP contribution in [0.1, 0.15) is 5.56 Å². The van der Waals surface area contributed by atoms with Gasteiger partial charge in [-0.1, -0.05) is 28.1 Å². The third-order valence-corrected chi connectivity index (χ3v) is 2.67. The number of nitrogens with zero attached hydrogens (tertiary/aromatic N) is 1. The molecule has 0 saturated heterocycles. The number of carbonyl (C=O) groups is 1. The van der Waals surface area contributed by atoms with E-state index in [-0.39, 0.29) is 5.57 Å². The molecule has 1 amide bonds. The van der Waals surface area contributed by atoms with Gasteiger partial charge in [0.15, 0.2) is 0 Å². The Bertz CT molecular complexity index is 475. The first kappa shape index (κ1) is 14.4. The van der Waals surface area contributed by atoms with E-state index >= 15 is 0 Å². The molecule has 1 N–H and O–H groups in total. The molecule has 0 aliphatic heterocycles. The molecule has 0 fully saturated rings. The van der Waals surface area contributed by atoms with Crippen molar-refractivity contribution in [2.24, 2.45) is 0 Å². The van der Waals surface area contributed by atoms with E-state index in [1.54, 1.807) is 13.2 Å². The van der Waals surface area contributed by atoms with Gasteiger partial charge in [0.2, 0.25) is 0 Å². The third-order valence-electron chi connectivity index (χ3n) is 2.14. The summed E-state index contributed by atoms with van der Waals surface area (Å²) in [5, 5.41) is 11.6. The summed E-state index contributed by atoms with van der Waals surface area (Å²) in [6, 6.07) is 9.24. The Morgan fingerprint density at radius 1 is 1.50 bits per heavy atom. The number of nitriles is 1. The van der Waals surface area contributed by atoms with E-state index in [1.807, 2.05) is 30.3 Å². The van der Waals surface area contributed by atoms with Gasteiger partial charge >= 0.3 is 0 Å². The molecule has 18 heavy (non-hydrogen) atoms. The maximum atomic E-state index is 11.7. The topological polar surface area (TPSA) is 62.1 Å². The lowest BCUT2D eigenvalue weighted by Gasteiger charge is -2.03. The largest absolute Gasteiger partial charge is 0.383 e. The number of benzene rings is 1. The van der Waals surface area contributed by atoms with E-state index in [4.69, 9.17) is 10.00 Å². The van der Waals surface area contributed by atoms with Crippen molar-refractivity contribution in [1.82, 2.24) is 5.32 Å². The molecule has 0 unspecified atom stereocenters. The second kappa shape index (κ2) is 7.64. The number of rotatable bonds is 5. The molecule has 0 saturated carbocycles. The smallest absolute Gasteiger partial charge is 0.262 e. The zero-order valence-electron chi connectivity index (χ0n) is 9.94. The highest BCUT2D eigenvalue weighted by Crippen LogP contribution is 2.13. The summed E-state index contributed by atoms with van der Waals surface area (Å²) < 4.78 is 5.76. The molecule has 1 rings (SSSR count). The van der Waals surface area contributed by atoms with Crippen molar-refractivity contribution >= 4 is 27.9 Å². The lowest BCUT2D eigenvalue weighted by molar-refractivity contribution is -0.117. The van der Waals surface area contributed by atoms with Crippen LogP contribution in [0.5, 0.6) is 0 Å². The molecule has 0 aromatic heterocycles. The molecular formula is C13H13BrN2O2. The maximum Gasteiger partial charge on any atom is 0.262 e. The minimum Gasteiger partial charge on any atom is -0.383 e. The number of carbonyl (C=O) groups excluding carboxylic acids is 1. The van der Waals surface area contributed by atoms with Crippen LogP contribution >= 0.6 is 15.9 Å². The summed E-state index contributed by atoms with van der Waals surface area (Å²) in [5.41, 5.74) is 0.880. The zero-order valence-corrected chi connectivity index (χ0v) is 11.5. The first-order chi connectivity index (χ1) is 8.67. The molecule has 0 bridgehead atoms. The quantitative estimate of drug-likeness (QED) is 0.515. The maximum absolute atomic E-state index is 11.7. The summed E-state index contributed by atoms with van der Waals surface area (Å²) >= 11 is 3.32. The molecule has 0 spiro atoms. The first-order valence-corrected chi connectivity index (χ1v) is 6.11. The van der Waals surface area contributed by atoms with Gasteiger partial charge in [-0.15, -0.1) is 0 Å². The summed E-state index contributed by atoms with van der Waals surface area (Å²) in [6.45, 7) is 0.803. The normalized spacial score (nSPS) is 10.8. The highest BCUT2D eigenvalue weighted by atomic mass is 79.9. The lowest BCUT2D eigenvalue weighted by atomic mass is 10.1. The van der Waals surface area contributed by atoms with Crippen molar-refractivity contribution in [2.75, 3.05) is 20.3 Å². The zero-order chi connectivity index (χ0) is 13.4. The first-order valence-electron chi connectivity index (χ1n) is 5.32. The number of halogens is 1. The van der Waals surface area contributed by atoms with Crippen molar-refractivity contribution in [3.8, 4) is 6.07 Å². The summed E-state index contributed by atoms with van der Waals surface area (Å²) in [4.78, 5) is 11.7. The molecule has 5 heteroatoms. The Morgan fingerprint density at radius 2 is 2.17 bits per heavy atom. The molecule has 0 radical (unpaired) electrons. The highest BCUT2D eigenvalue weighted by Gasteiger charge is 2.07. The van der Waals surface area contributed by atoms with Gasteiger partial charge in [0.25, 0.3) is 5.91 Å². The molecule has 94 valence electrons. The number of ether oxygens (including phenoxy) is 1. The molecule has 1 aromatic carbocycles. The predicted octanol–water partition coefficient (Wildman–Crippen LogP) is 2.12. The monoisotopic (exact) mass is 308 g/mol. The van der Waals surface area contributed by atoms with Crippen molar-refractivity contribution in [3.05, 3.63) is 39.9 Å². The SMILES string of the molecule is COCCNC(=O)C(C#N)=Cc1ccc(Br)cc1. The summed E-state index contributed by atoms with van der Waals surface area (Å²) in [6.07, 6.45) is 1.55. The van der Waals surface area contributed by atoms with Crippen LogP contribution in [0.25, 0.3) is 6.08 Å². The molecule has 1 aromatic rings. The standard InChI is InChI=1S/C13H13BrN2O2/c1-18-7-6-16-13(17)11(9-15)8-10-2-4-12(14)5-3-10/h2-5,8H,6-7H2,1H3,(H,16,17). The van der Waals surface area contributed by atoms with Gasteiger partial charge in [0.1, 0.15) is 11.6 Å². The number of hydrogen-bond donors (Lipinski definition) is 1. The van der Waals surface area contributed by atoms with Gasteiger partial charge < -0.3 is 10.1 Å². The van der Waals surface area contributed by atoms with Crippen LogP contribution in [0.2, 0.25) is 0 Å². The van der Waals surface area contributed by atoms with Gasteiger partial charge in [-0.25, -0.2) is 0 Å². The van der Waals surface area contributed by atoms with E-state index in [0.29, 0.717) is 13.2 Å². The van der Waals surface area contributed by atoms with E-state index in [1.165, 1.54) is 0 Å². The fourth-order valence-corrected chi connectivity index (χ4v) is 1.50.